The summed E-state index contributed by atoms with van der Waals surface area (Å²) in [5.41, 5.74) is 2.41. The molecule has 2 heterocycles. The summed E-state index contributed by atoms with van der Waals surface area (Å²) in [6.45, 7) is 0. The van der Waals surface area contributed by atoms with Gasteiger partial charge in [-0.3, -0.25) is 0 Å². The summed E-state index contributed by atoms with van der Waals surface area (Å²) in [4.78, 5) is 16.9. The van der Waals surface area contributed by atoms with Crippen molar-refractivity contribution >= 4 is 38.2 Å². The molecule has 4 nitrogen and oxygen atoms in total. The zero-order chi connectivity index (χ0) is 17.4. The van der Waals surface area contributed by atoms with Crippen LogP contribution in [0.1, 0.15) is 0 Å². The quantitative estimate of drug-likeness (QED) is 0.424. The zero-order valence-corrected chi connectivity index (χ0v) is 15.6. The second-order valence-electron chi connectivity index (χ2n) is 5.40. The maximum absolute atomic E-state index is 12.3. The molecule has 0 atom stereocenters. The predicted octanol–water partition coefficient (Wildman–Crippen LogP) is 5.35. The second-order valence-corrected chi connectivity index (χ2v) is 7.17. The number of ether oxygens (including phenoxy) is 1. The van der Waals surface area contributed by atoms with E-state index in [9.17, 15) is 4.79 Å². The van der Waals surface area contributed by atoms with Gasteiger partial charge in [0.25, 0.3) is 0 Å². The number of rotatable bonds is 3. The molecule has 0 unspecified atom stereocenters. The Labute approximate surface area is 155 Å². The minimum absolute atomic E-state index is 0.394. The zero-order valence-electron chi connectivity index (χ0n) is 13.2. The van der Waals surface area contributed by atoms with Gasteiger partial charge in [-0.05, 0) is 36.4 Å². The first kappa shape index (κ1) is 16.1. The number of nitrogens with zero attached hydrogens (tertiary/aromatic N) is 1. The first-order chi connectivity index (χ1) is 12.1. The highest BCUT2D eigenvalue weighted by Gasteiger charge is 2.13. The van der Waals surface area contributed by atoms with Crippen LogP contribution in [0.25, 0.3) is 32.8 Å². The van der Waals surface area contributed by atoms with Crippen molar-refractivity contribution in [3.8, 4) is 27.6 Å². The van der Waals surface area contributed by atoms with Crippen LogP contribution in [0.15, 0.2) is 67.6 Å². The van der Waals surface area contributed by atoms with Crippen molar-refractivity contribution in [1.29, 1.82) is 0 Å². The van der Waals surface area contributed by atoms with E-state index in [1.165, 1.54) is 11.3 Å². The first-order valence-corrected chi connectivity index (χ1v) is 9.15. The summed E-state index contributed by atoms with van der Waals surface area (Å²) < 4.78 is 11.7. The Bertz CT molecular complexity index is 1120. The van der Waals surface area contributed by atoms with Crippen molar-refractivity contribution in [3.05, 3.63) is 68.8 Å². The third kappa shape index (κ3) is 3.10. The monoisotopic (exact) mass is 413 g/mol. The number of hydrogen-bond acceptors (Lipinski definition) is 5. The van der Waals surface area contributed by atoms with Gasteiger partial charge in [0.1, 0.15) is 16.3 Å². The standard InChI is InChI=1S/C19H12BrNO3S/c1-23-14-6-7-17-12(8-14)9-15(19(22)24-17)18-21-16(10-25-18)11-2-4-13(20)5-3-11/h2-10H,1H3. The molecule has 124 valence electrons. The van der Waals surface area contributed by atoms with Gasteiger partial charge in [-0.1, -0.05) is 28.1 Å². The molecule has 4 rings (SSSR count). The normalized spacial score (nSPS) is 11.0. The maximum Gasteiger partial charge on any atom is 0.346 e. The van der Waals surface area contributed by atoms with Crippen molar-refractivity contribution in [2.75, 3.05) is 7.11 Å². The fourth-order valence-electron chi connectivity index (χ4n) is 2.53. The molecule has 0 radical (unpaired) electrons. The Kier molecular flexibility index (Phi) is 4.15. The molecular formula is C19H12BrNO3S. The molecule has 0 spiro atoms. The van der Waals surface area contributed by atoms with Crippen LogP contribution in [0.3, 0.4) is 0 Å². The van der Waals surface area contributed by atoms with Crippen LogP contribution in [0, 0.1) is 0 Å². The van der Waals surface area contributed by atoms with Crippen molar-refractivity contribution in [3.63, 3.8) is 0 Å². The van der Waals surface area contributed by atoms with Crippen molar-refractivity contribution in [2.24, 2.45) is 0 Å². The molecule has 2 aromatic carbocycles. The average Bonchev–Trinajstić information content (AvgIpc) is 3.11. The Morgan fingerprint density at radius 1 is 1.12 bits per heavy atom. The van der Waals surface area contributed by atoms with E-state index >= 15 is 0 Å². The van der Waals surface area contributed by atoms with Crippen LogP contribution in [0.5, 0.6) is 5.75 Å². The molecule has 0 N–H and O–H groups in total. The van der Waals surface area contributed by atoms with Crippen LogP contribution >= 0.6 is 27.3 Å². The van der Waals surface area contributed by atoms with E-state index in [4.69, 9.17) is 9.15 Å². The molecule has 0 bridgehead atoms. The van der Waals surface area contributed by atoms with Crippen molar-refractivity contribution in [1.82, 2.24) is 4.98 Å². The number of benzene rings is 2. The second kappa shape index (κ2) is 6.46. The van der Waals surface area contributed by atoms with E-state index in [0.29, 0.717) is 21.9 Å². The fourth-order valence-corrected chi connectivity index (χ4v) is 3.62. The summed E-state index contributed by atoms with van der Waals surface area (Å²) in [5, 5.41) is 3.37. The summed E-state index contributed by atoms with van der Waals surface area (Å²) in [7, 11) is 1.60. The number of fused-ring (bicyclic) bond motifs is 1. The Morgan fingerprint density at radius 3 is 2.68 bits per heavy atom. The number of aromatic nitrogens is 1. The Hall–Kier alpha value is -2.44. The third-order valence-electron chi connectivity index (χ3n) is 3.81. The molecule has 25 heavy (non-hydrogen) atoms. The van der Waals surface area contributed by atoms with Gasteiger partial charge in [0, 0.05) is 20.8 Å². The molecular weight excluding hydrogens is 402 g/mol. The fraction of sp³-hybridized carbons (Fsp3) is 0.0526. The summed E-state index contributed by atoms with van der Waals surface area (Å²) in [6, 6.07) is 15.0. The lowest BCUT2D eigenvalue weighted by molar-refractivity contribution is 0.415. The number of halogens is 1. The molecule has 0 aliphatic heterocycles. The van der Waals surface area contributed by atoms with Crippen LogP contribution in [0.2, 0.25) is 0 Å². The average molecular weight is 414 g/mol. The Balaban J connectivity index is 1.80. The molecule has 0 saturated heterocycles. The van der Waals surface area contributed by atoms with E-state index in [0.717, 1.165) is 21.1 Å². The molecule has 0 aliphatic carbocycles. The minimum atomic E-state index is -0.394. The van der Waals surface area contributed by atoms with E-state index in [2.05, 4.69) is 20.9 Å². The molecule has 0 fully saturated rings. The largest absolute Gasteiger partial charge is 0.497 e. The lowest BCUT2D eigenvalue weighted by Crippen LogP contribution is -2.02. The van der Waals surface area contributed by atoms with Crippen LogP contribution in [-0.4, -0.2) is 12.1 Å². The minimum Gasteiger partial charge on any atom is -0.497 e. The highest BCUT2D eigenvalue weighted by atomic mass is 79.9. The highest BCUT2D eigenvalue weighted by Crippen LogP contribution is 2.30. The van der Waals surface area contributed by atoms with Gasteiger partial charge in [0.05, 0.1) is 18.4 Å². The molecule has 6 heteroatoms. The molecule has 0 amide bonds. The van der Waals surface area contributed by atoms with Crippen molar-refractivity contribution < 1.29 is 9.15 Å². The highest BCUT2D eigenvalue weighted by molar-refractivity contribution is 9.10. The van der Waals surface area contributed by atoms with E-state index in [-0.39, 0.29) is 0 Å². The maximum atomic E-state index is 12.3. The van der Waals surface area contributed by atoms with Crippen LogP contribution < -0.4 is 10.4 Å². The van der Waals surface area contributed by atoms with E-state index in [1.54, 1.807) is 25.3 Å². The van der Waals surface area contributed by atoms with Crippen LogP contribution in [0.4, 0.5) is 0 Å². The molecule has 0 aliphatic rings. The van der Waals surface area contributed by atoms with Gasteiger partial charge in [-0.25, -0.2) is 9.78 Å². The van der Waals surface area contributed by atoms with Gasteiger partial charge in [0.2, 0.25) is 0 Å². The third-order valence-corrected chi connectivity index (χ3v) is 5.22. The van der Waals surface area contributed by atoms with Gasteiger partial charge in [-0.15, -0.1) is 11.3 Å². The van der Waals surface area contributed by atoms with Gasteiger partial charge >= 0.3 is 5.63 Å². The van der Waals surface area contributed by atoms with E-state index in [1.807, 2.05) is 35.7 Å². The topological polar surface area (TPSA) is 52.3 Å². The number of methoxy groups -OCH3 is 1. The number of hydrogen-bond donors (Lipinski definition) is 0. The smallest absolute Gasteiger partial charge is 0.346 e. The van der Waals surface area contributed by atoms with Gasteiger partial charge in [0.15, 0.2) is 0 Å². The predicted molar refractivity (Wildman–Crippen MR) is 103 cm³/mol. The van der Waals surface area contributed by atoms with E-state index < -0.39 is 5.63 Å². The van der Waals surface area contributed by atoms with Crippen molar-refractivity contribution in [2.45, 2.75) is 0 Å². The Morgan fingerprint density at radius 2 is 1.92 bits per heavy atom. The van der Waals surface area contributed by atoms with Gasteiger partial charge < -0.3 is 9.15 Å². The first-order valence-electron chi connectivity index (χ1n) is 7.48. The molecule has 0 saturated carbocycles. The lowest BCUT2D eigenvalue weighted by atomic mass is 10.1. The summed E-state index contributed by atoms with van der Waals surface area (Å²) in [5.74, 6) is 0.710. The summed E-state index contributed by atoms with van der Waals surface area (Å²) >= 11 is 4.84. The van der Waals surface area contributed by atoms with Crippen LogP contribution in [-0.2, 0) is 0 Å². The summed E-state index contributed by atoms with van der Waals surface area (Å²) in [6.07, 6.45) is 0. The van der Waals surface area contributed by atoms with Gasteiger partial charge in [-0.2, -0.15) is 0 Å². The number of thiazole rings is 1. The SMILES string of the molecule is COc1ccc2oc(=O)c(-c3nc(-c4ccc(Br)cc4)cs3)cc2c1. The molecule has 4 aromatic rings. The molecule has 2 aromatic heterocycles. The lowest BCUT2D eigenvalue weighted by Gasteiger charge is -2.03.